The molecule has 2 heterocycles. The number of nitrogens with one attached hydrogen (secondary N) is 3. The molecule has 44 heavy (non-hydrogen) atoms. The first-order valence-corrected chi connectivity index (χ1v) is 16.9. The molecule has 232 valence electrons. The van der Waals surface area contributed by atoms with Gasteiger partial charge in [0.15, 0.2) is 5.16 Å². The molecule has 0 aliphatic carbocycles. The summed E-state index contributed by atoms with van der Waals surface area (Å²) >= 11 is 1.79. The number of unbranched alkanes of at least 4 members (excludes halogenated alkanes) is 5. The lowest BCUT2D eigenvalue weighted by Gasteiger charge is -2.16. The fourth-order valence-corrected chi connectivity index (χ4v) is 6.31. The van der Waals surface area contributed by atoms with E-state index in [0.717, 1.165) is 87.6 Å². The van der Waals surface area contributed by atoms with E-state index in [1.807, 2.05) is 24.3 Å². The van der Waals surface area contributed by atoms with Crippen LogP contribution in [0.2, 0.25) is 0 Å². The number of para-hydroxylation sites is 2. The first kappa shape index (κ1) is 31.7. The Kier molecular flexibility index (Phi) is 11.8. The van der Waals surface area contributed by atoms with Crippen LogP contribution in [0.1, 0.15) is 70.2 Å². The molecule has 7 nitrogen and oxygen atoms in total. The Morgan fingerprint density at radius 1 is 0.750 bits per heavy atom. The van der Waals surface area contributed by atoms with Gasteiger partial charge in [-0.2, -0.15) is 0 Å². The van der Waals surface area contributed by atoms with Gasteiger partial charge in [-0.15, -0.1) is 0 Å². The van der Waals surface area contributed by atoms with Crippen LogP contribution in [-0.2, 0) is 0 Å². The van der Waals surface area contributed by atoms with E-state index in [2.05, 4.69) is 70.7 Å². The number of fused-ring (bicyclic) bond motifs is 1. The molecule has 1 atom stereocenters. The van der Waals surface area contributed by atoms with Gasteiger partial charge in [-0.1, -0.05) is 62.9 Å². The first-order chi connectivity index (χ1) is 21.7. The summed E-state index contributed by atoms with van der Waals surface area (Å²) < 4.78 is 10.7. The van der Waals surface area contributed by atoms with Crippen LogP contribution in [-0.4, -0.2) is 46.5 Å². The van der Waals surface area contributed by atoms with Gasteiger partial charge >= 0.3 is 0 Å². The average Bonchev–Trinajstić information content (AvgIpc) is 3.70. The SMILES string of the molecule is CCCCCCC(NCCCCCSc1nc(-c2ccc(OC)cc2)c(-c2ccc(OC)cc2)[nH]1)c1nc2ccccc2[nH]1. The summed E-state index contributed by atoms with van der Waals surface area (Å²) in [6.07, 6.45) is 9.60. The topological polar surface area (TPSA) is 87.8 Å². The van der Waals surface area contributed by atoms with Crippen molar-refractivity contribution in [2.24, 2.45) is 0 Å². The highest BCUT2D eigenvalue weighted by Gasteiger charge is 2.16. The van der Waals surface area contributed by atoms with Crippen molar-refractivity contribution in [2.45, 2.75) is 69.5 Å². The Balaban J connectivity index is 1.14. The van der Waals surface area contributed by atoms with Gasteiger partial charge in [0.1, 0.15) is 17.3 Å². The molecule has 0 amide bonds. The number of aromatic nitrogens is 4. The third-order valence-electron chi connectivity index (χ3n) is 7.96. The molecular formula is C36H45N5O2S. The van der Waals surface area contributed by atoms with Crippen molar-refractivity contribution in [3.05, 3.63) is 78.6 Å². The molecule has 5 aromatic rings. The third kappa shape index (κ3) is 8.45. The lowest BCUT2D eigenvalue weighted by molar-refractivity contribution is 0.414. The van der Waals surface area contributed by atoms with Gasteiger partial charge in [0, 0.05) is 16.9 Å². The summed E-state index contributed by atoms with van der Waals surface area (Å²) in [5, 5.41) is 4.75. The summed E-state index contributed by atoms with van der Waals surface area (Å²) in [5.41, 5.74) is 6.25. The Hall–Kier alpha value is -3.75. The van der Waals surface area contributed by atoms with Gasteiger partial charge in [-0.3, -0.25) is 0 Å². The highest BCUT2D eigenvalue weighted by atomic mass is 32.2. The van der Waals surface area contributed by atoms with E-state index in [9.17, 15) is 0 Å². The van der Waals surface area contributed by atoms with Gasteiger partial charge in [0.25, 0.3) is 0 Å². The van der Waals surface area contributed by atoms with Crippen molar-refractivity contribution >= 4 is 22.8 Å². The smallest absolute Gasteiger partial charge is 0.166 e. The molecule has 0 aliphatic heterocycles. The lowest BCUT2D eigenvalue weighted by atomic mass is 10.0. The van der Waals surface area contributed by atoms with Crippen molar-refractivity contribution < 1.29 is 9.47 Å². The standard InChI is InChI=1S/C36H45N5O2S/c1-4-5-6-8-15-32(35-38-30-13-9-10-14-31(30)39-35)37-24-11-7-12-25-44-36-40-33(26-16-20-28(42-2)21-17-26)34(41-36)27-18-22-29(43-3)23-19-27/h9-10,13-14,16-23,32,37H,4-8,11-12,15,24-25H2,1-3H3,(H,38,39)(H,40,41). The minimum absolute atomic E-state index is 0.268. The second kappa shape index (κ2) is 16.4. The van der Waals surface area contributed by atoms with Crippen LogP contribution in [0.15, 0.2) is 78.0 Å². The highest BCUT2D eigenvalue weighted by Crippen LogP contribution is 2.34. The predicted molar refractivity (Wildman–Crippen MR) is 183 cm³/mol. The number of ether oxygens (including phenoxy) is 2. The van der Waals surface area contributed by atoms with Crippen molar-refractivity contribution in [1.29, 1.82) is 0 Å². The number of rotatable bonds is 18. The number of benzene rings is 3. The quantitative estimate of drug-likeness (QED) is 0.0676. The number of hydrogen-bond acceptors (Lipinski definition) is 6. The maximum absolute atomic E-state index is 5.37. The molecule has 5 rings (SSSR count). The minimum atomic E-state index is 0.268. The molecule has 3 aromatic carbocycles. The van der Waals surface area contributed by atoms with Gasteiger partial charge < -0.3 is 24.8 Å². The molecule has 0 saturated heterocycles. The van der Waals surface area contributed by atoms with Crippen LogP contribution in [0.4, 0.5) is 0 Å². The van der Waals surface area contributed by atoms with E-state index in [4.69, 9.17) is 19.4 Å². The molecule has 0 spiro atoms. The number of hydrogen-bond donors (Lipinski definition) is 3. The van der Waals surface area contributed by atoms with Gasteiger partial charge in [0.05, 0.1) is 42.7 Å². The molecule has 8 heteroatoms. The molecule has 1 unspecified atom stereocenters. The van der Waals surface area contributed by atoms with E-state index in [1.165, 1.54) is 32.1 Å². The zero-order valence-electron chi connectivity index (χ0n) is 26.2. The van der Waals surface area contributed by atoms with E-state index in [0.29, 0.717) is 0 Å². The summed E-state index contributed by atoms with van der Waals surface area (Å²) in [6.45, 7) is 3.25. The number of H-pyrrole nitrogens is 2. The Morgan fingerprint density at radius 3 is 2.16 bits per heavy atom. The van der Waals surface area contributed by atoms with Crippen molar-refractivity contribution in [3.8, 4) is 34.0 Å². The summed E-state index contributed by atoms with van der Waals surface area (Å²) in [4.78, 5) is 17.1. The molecule has 0 fully saturated rings. The van der Waals surface area contributed by atoms with E-state index < -0.39 is 0 Å². The van der Waals surface area contributed by atoms with Crippen LogP contribution >= 0.6 is 11.8 Å². The van der Waals surface area contributed by atoms with Gasteiger partial charge in [0.2, 0.25) is 0 Å². The third-order valence-corrected chi connectivity index (χ3v) is 8.92. The molecule has 3 N–H and O–H groups in total. The summed E-state index contributed by atoms with van der Waals surface area (Å²) in [7, 11) is 3.37. The zero-order chi connectivity index (χ0) is 30.6. The molecule has 2 aromatic heterocycles. The Morgan fingerprint density at radius 2 is 1.45 bits per heavy atom. The highest BCUT2D eigenvalue weighted by molar-refractivity contribution is 7.99. The van der Waals surface area contributed by atoms with Crippen molar-refractivity contribution in [2.75, 3.05) is 26.5 Å². The van der Waals surface area contributed by atoms with Crippen LogP contribution in [0.3, 0.4) is 0 Å². The van der Waals surface area contributed by atoms with E-state index >= 15 is 0 Å². The van der Waals surface area contributed by atoms with E-state index in [1.54, 1.807) is 26.0 Å². The maximum Gasteiger partial charge on any atom is 0.166 e. The normalized spacial score (nSPS) is 12.1. The molecule has 0 bridgehead atoms. The zero-order valence-corrected chi connectivity index (χ0v) is 27.0. The molecule has 0 radical (unpaired) electrons. The molecule has 0 aliphatic rings. The fraction of sp³-hybridized carbons (Fsp3) is 0.389. The number of imidazole rings is 2. The molecule has 0 saturated carbocycles. The fourth-order valence-electron chi connectivity index (χ4n) is 5.44. The maximum atomic E-state index is 5.37. The average molecular weight is 612 g/mol. The van der Waals surface area contributed by atoms with Crippen LogP contribution in [0, 0.1) is 0 Å². The van der Waals surface area contributed by atoms with Gasteiger partial charge in [-0.25, -0.2) is 9.97 Å². The van der Waals surface area contributed by atoms with Crippen molar-refractivity contribution in [3.63, 3.8) is 0 Å². The Bertz CT molecular complexity index is 1460. The summed E-state index contributed by atoms with van der Waals surface area (Å²) in [6, 6.07) is 24.8. The van der Waals surface area contributed by atoms with Crippen LogP contribution in [0.5, 0.6) is 11.5 Å². The van der Waals surface area contributed by atoms with Gasteiger partial charge in [-0.05, 0) is 86.5 Å². The second-order valence-corrected chi connectivity index (χ2v) is 12.2. The van der Waals surface area contributed by atoms with Crippen LogP contribution < -0.4 is 14.8 Å². The van der Waals surface area contributed by atoms with Crippen LogP contribution in [0.25, 0.3) is 33.5 Å². The first-order valence-electron chi connectivity index (χ1n) is 15.9. The number of nitrogens with zero attached hydrogens (tertiary/aromatic N) is 2. The molecular weight excluding hydrogens is 566 g/mol. The van der Waals surface area contributed by atoms with Crippen molar-refractivity contribution in [1.82, 2.24) is 25.3 Å². The number of thioether (sulfide) groups is 1. The monoisotopic (exact) mass is 611 g/mol. The summed E-state index contributed by atoms with van der Waals surface area (Å²) in [5.74, 6) is 3.75. The number of methoxy groups -OCH3 is 2. The van der Waals surface area contributed by atoms with E-state index in [-0.39, 0.29) is 6.04 Å². The lowest BCUT2D eigenvalue weighted by Crippen LogP contribution is -2.23. The Labute approximate surface area is 265 Å². The number of aromatic amines is 2. The predicted octanol–water partition coefficient (Wildman–Crippen LogP) is 9.20. The largest absolute Gasteiger partial charge is 0.497 e. The second-order valence-electron chi connectivity index (χ2n) is 11.1. The minimum Gasteiger partial charge on any atom is -0.497 e.